The SMILES string of the molecule is CC(CN)S(=O)Cc1ccc(F)c(F)c1. The van der Waals surface area contributed by atoms with Crippen LogP contribution in [-0.4, -0.2) is 16.0 Å². The van der Waals surface area contributed by atoms with E-state index in [1.54, 1.807) is 6.92 Å². The fraction of sp³-hybridized carbons (Fsp3) is 0.400. The van der Waals surface area contributed by atoms with E-state index in [0.29, 0.717) is 12.1 Å². The Bertz CT molecular complexity index is 370. The van der Waals surface area contributed by atoms with E-state index >= 15 is 0 Å². The van der Waals surface area contributed by atoms with Crippen molar-refractivity contribution in [3.05, 3.63) is 35.4 Å². The first-order chi connectivity index (χ1) is 7.04. The first kappa shape index (κ1) is 12.3. The minimum absolute atomic E-state index is 0.141. The van der Waals surface area contributed by atoms with Gasteiger partial charge in [-0.1, -0.05) is 6.07 Å². The minimum atomic E-state index is -1.14. The molecule has 0 spiro atoms. The van der Waals surface area contributed by atoms with Crippen molar-refractivity contribution in [1.29, 1.82) is 0 Å². The Morgan fingerprint density at radius 2 is 2.07 bits per heavy atom. The molecule has 15 heavy (non-hydrogen) atoms. The van der Waals surface area contributed by atoms with Gasteiger partial charge in [0.15, 0.2) is 11.6 Å². The number of rotatable bonds is 4. The van der Waals surface area contributed by atoms with Crippen LogP contribution >= 0.6 is 0 Å². The number of nitrogens with two attached hydrogens (primary N) is 1. The van der Waals surface area contributed by atoms with Gasteiger partial charge in [0.1, 0.15) is 0 Å². The summed E-state index contributed by atoms with van der Waals surface area (Å²) in [5, 5.41) is -0.141. The van der Waals surface area contributed by atoms with Crippen LogP contribution in [0.1, 0.15) is 12.5 Å². The molecule has 84 valence electrons. The Morgan fingerprint density at radius 3 is 2.60 bits per heavy atom. The van der Waals surface area contributed by atoms with Gasteiger partial charge in [0.05, 0.1) is 0 Å². The van der Waals surface area contributed by atoms with E-state index in [1.165, 1.54) is 6.07 Å². The third-order valence-electron chi connectivity index (χ3n) is 2.07. The van der Waals surface area contributed by atoms with Gasteiger partial charge < -0.3 is 5.73 Å². The topological polar surface area (TPSA) is 43.1 Å². The second-order valence-corrected chi connectivity index (χ2v) is 5.17. The van der Waals surface area contributed by atoms with Gasteiger partial charge in [0, 0.05) is 28.3 Å². The first-order valence-corrected chi connectivity index (χ1v) is 5.94. The second-order valence-electron chi connectivity index (χ2n) is 3.32. The number of hydrogen-bond donors (Lipinski definition) is 1. The van der Waals surface area contributed by atoms with Crippen LogP contribution in [-0.2, 0) is 16.6 Å². The Morgan fingerprint density at radius 1 is 1.40 bits per heavy atom. The van der Waals surface area contributed by atoms with Crippen molar-refractivity contribution in [3.63, 3.8) is 0 Å². The van der Waals surface area contributed by atoms with E-state index in [9.17, 15) is 13.0 Å². The highest BCUT2D eigenvalue weighted by Gasteiger charge is 2.11. The lowest BCUT2D eigenvalue weighted by molar-refractivity contribution is 0.507. The van der Waals surface area contributed by atoms with Crippen LogP contribution in [0.15, 0.2) is 18.2 Å². The summed E-state index contributed by atoms with van der Waals surface area (Å²) >= 11 is 0. The molecule has 2 unspecified atom stereocenters. The predicted molar refractivity (Wildman–Crippen MR) is 56.7 cm³/mol. The fourth-order valence-corrected chi connectivity index (χ4v) is 2.05. The maximum absolute atomic E-state index is 12.8. The van der Waals surface area contributed by atoms with Gasteiger partial charge in [-0.3, -0.25) is 4.21 Å². The van der Waals surface area contributed by atoms with Crippen LogP contribution in [0.25, 0.3) is 0 Å². The van der Waals surface area contributed by atoms with E-state index in [4.69, 9.17) is 5.73 Å². The highest BCUT2D eigenvalue weighted by atomic mass is 32.2. The molecule has 0 aliphatic carbocycles. The van der Waals surface area contributed by atoms with E-state index < -0.39 is 22.4 Å². The zero-order chi connectivity index (χ0) is 11.4. The summed E-state index contributed by atoms with van der Waals surface area (Å²) in [7, 11) is -1.14. The summed E-state index contributed by atoms with van der Waals surface area (Å²) in [5.41, 5.74) is 5.87. The van der Waals surface area contributed by atoms with Crippen molar-refractivity contribution >= 4 is 10.8 Å². The lowest BCUT2D eigenvalue weighted by atomic mass is 10.2. The Kier molecular flexibility index (Phi) is 4.35. The predicted octanol–water partition coefficient (Wildman–Crippen LogP) is 1.56. The first-order valence-electron chi connectivity index (χ1n) is 4.55. The summed E-state index contributed by atoms with van der Waals surface area (Å²) in [6.45, 7) is 2.08. The van der Waals surface area contributed by atoms with Crippen LogP contribution in [0, 0.1) is 11.6 Å². The smallest absolute Gasteiger partial charge is 0.159 e. The molecule has 0 fully saturated rings. The van der Waals surface area contributed by atoms with E-state index in [1.807, 2.05) is 0 Å². The molecule has 0 radical (unpaired) electrons. The molecule has 2 nitrogen and oxygen atoms in total. The van der Waals surface area contributed by atoms with Crippen LogP contribution in [0.2, 0.25) is 0 Å². The van der Waals surface area contributed by atoms with Gasteiger partial charge in [0.2, 0.25) is 0 Å². The maximum Gasteiger partial charge on any atom is 0.159 e. The van der Waals surface area contributed by atoms with Gasteiger partial charge in [-0.15, -0.1) is 0 Å². The average Bonchev–Trinajstić information content (AvgIpc) is 2.22. The molecule has 0 bridgehead atoms. The molecule has 1 aromatic carbocycles. The van der Waals surface area contributed by atoms with Gasteiger partial charge in [-0.2, -0.15) is 0 Å². The lowest BCUT2D eigenvalue weighted by Gasteiger charge is -2.08. The molecule has 2 atom stereocenters. The van der Waals surface area contributed by atoms with Gasteiger partial charge in [0.25, 0.3) is 0 Å². The van der Waals surface area contributed by atoms with Crippen LogP contribution in [0.3, 0.4) is 0 Å². The fourth-order valence-electron chi connectivity index (χ4n) is 1.04. The molecule has 0 aromatic heterocycles. The Balaban J connectivity index is 2.73. The number of benzene rings is 1. The molecule has 0 saturated heterocycles. The van der Waals surface area contributed by atoms with Crippen LogP contribution < -0.4 is 5.73 Å². The van der Waals surface area contributed by atoms with Crippen molar-refractivity contribution < 1.29 is 13.0 Å². The lowest BCUT2D eigenvalue weighted by Crippen LogP contribution is -2.22. The van der Waals surface area contributed by atoms with E-state index in [2.05, 4.69) is 0 Å². The van der Waals surface area contributed by atoms with Gasteiger partial charge >= 0.3 is 0 Å². The van der Waals surface area contributed by atoms with Crippen molar-refractivity contribution in [1.82, 2.24) is 0 Å². The maximum atomic E-state index is 12.8. The normalized spacial score (nSPS) is 14.9. The molecule has 0 aliphatic rings. The average molecular weight is 233 g/mol. The molecule has 0 heterocycles. The Labute approximate surface area is 89.9 Å². The molecule has 0 saturated carbocycles. The number of halogens is 2. The van der Waals surface area contributed by atoms with E-state index in [-0.39, 0.29) is 11.0 Å². The zero-order valence-electron chi connectivity index (χ0n) is 8.37. The van der Waals surface area contributed by atoms with Crippen molar-refractivity contribution in [2.45, 2.75) is 17.9 Å². The van der Waals surface area contributed by atoms with Crippen molar-refractivity contribution in [3.8, 4) is 0 Å². The Hall–Kier alpha value is -0.810. The standard InChI is InChI=1S/C10H13F2NOS/c1-7(5-13)15(14)6-8-2-3-9(11)10(12)4-8/h2-4,7H,5-6,13H2,1H3. The third-order valence-corrected chi connectivity index (χ3v) is 3.78. The summed E-state index contributed by atoms with van der Waals surface area (Å²) < 4.78 is 37.0. The molecule has 0 aliphatic heterocycles. The van der Waals surface area contributed by atoms with Gasteiger partial charge in [-0.05, 0) is 24.6 Å². The minimum Gasteiger partial charge on any atom is -0.329 e. The quantitative estimate of drug-likeness (QED) is 0.857. The molecule has 1 rings (SSSR count). The molecule has 0 amide bonds. The molecule has 2 N–H and O–H groups in total. The highest BCUT2D eigenvalue weighted by Crippen LogP contribution is 2.11. The summed E-state index contributed by atoms with van der Waals surface area (Å²) in [4.78, 5) is 0. The summed E-state index contributed by atoms with van der Waals surface area (Å²) in [5.74, 6) is -1.60. The van der Waals surface area contributed by atoms with Crippen molar-refractivity contribution in [2.75, 3.05) is 6.54 Å². The molecular formula is C10H13F2NOS. The summed E-state index contributed by atoms with van der Waals surface area (Å²) in [6.07, 6.45) is 0. The summed E-state index contributed by atoms with van der Waals surface area (Å²) in [6, 6.07) is 3.53. The van der Waals surface area contributed by atoms with E-state index in [0.717, 1.165) is 12.1 Å². The molecular weight excluding hydrogens is 220 g/mol. The monoisotopic (exact) mass is 233 g/mol. The van der Waals surface area contributed by atoms with Crippen LogP contribution in [0.4, 0.5) is 8.78 Å². The molecule has 1 aromatic rings. The molecule has 5 heteroatoms. The highest BCUT2D eigenvalue weighted by molar-refractivity contribution is 7.84. The zero-order valence-corrected chi connectivity index (χ0v) is 9.19. The second kappa shape index (κ2) is 5.32. The number of hydrogen-bond acceptors (Lipinski definition) is 2. The van der Waals surface area contributed by atoms with Crippen LogP contribution in [0.5, 0.6) is 0 Å². The van der Waals surface area contributed by atoms with Gasteiger partial charge in [-0.25, -0.2) is 8.78 Å². The largest absolute Gasteiger partial charge is 0.329 e. The third kappa shape index (κ3) is 3.35. The van der Waals surface area contributed by atoms with Crippen molar-refractivity contribution in [2.24, 2.45) is 5.73 Å².